The van der Waals surface area contributed by atoms with E-state index in [1.54, 1.807) is 38.5 Å². The Balaban J connectivity index is 1.96. The quantitative estimate of drug-likeness (QED) is 0.255. The number of carbonyl (C=O) groups excluding carboxylic acids is 2. The number of benzene rings is 3. The largest absolute Gasteiger partial charge is 0.507 e. The summed E-state index contributed by atoms with van der Waals surface area (Å²) in [5.41, 5.74) is 4.44. The van der Waals surface area contributed by atoms with Crippen LogP contribution in [0, 0.1) is 13.8 Å². The van der Waals surface area contributed by atoms with E-state index in [0.29, 0.717) is 28.3 Å². The molecule has 0 saturated carbocycles. The molecule has 1 fully saturated rings. The second kappa shape index (κ2) is 9.77. The third kappa shape index (κ3) is 4.71. The number of methoxy groups -OCH3 is 2. The molecule has 0 radical (unpaired) electrons. The van der Waals surface area contributed by atoms with Gasteiger partial charge in [0.2, 0.25) is 0 Å². The number of Topliss-reactive ketones (excluding diaryl/α,β-unsaturated/α-hetero) is 1. The van der Waals surface area contributed by atoms with Gasteiger partial charge in [-0.15, -0.1) is 0 Å². The fraction of sp³-hybridized carbons (Fsp3) is 0.290. The van der Waals surface area contributed by atoms with Crippen LogP contribution in [0.4, 0.5) is 5.69 Å². The van der Waals surface area contributed by atoms with Crippen LogP contribution in [-0.4, -0.2) is 31.0 Å². The van der Waals surface area contributed by atoms with Crippen molar-refractivity contribution in [3.8, 4) is 11.5 Å². The molecular formula is C31H33NO5. The number of aryl methyl sites for hydroxylation is 2. The monoisotopic (exact) mass is 499 g/mol. The van der Waals surface area contributed by atoms with Crippen LogP contribution >= 0.6 is 0 Å². The number of anilines is 1. The molecule has 3 aromatic rings. The van der Waals surface area contributed by atoms with Crippen LogP contribution in [0.5, 0.6) is 11.5 Å². The van der Waals surface area contributed by atoms with Gasteiger partial charge in [0.05, 0.1) is 25.8 Å². The summed E-state index contributed by atoms with van der Waals surface area (Å²) in [6.07, 6.45) is 0. The van der Waals surface area contributed by atoms with E-state index < -0.39 is 17.7 Å². The standard InChI is InChI=1S/C31H33NO5/c1-18-8-12-22(16-19(18)2)32-27(20-9-13-23(36-6)14-10-20)26(29(34)30(32)35)28(33)21-11-15-25(37-7)24(17-21)31(3,4)5/h8-17,27,33H,1-7H3/b28-26-. The van der Waals surface area contributed by atoms with E-state index in [1.165, 1.54) is 4.90 Å². The predicted molar refractivity (Wildman–Crippen MR) is 145 cm³/mol. The first-order valence-electron chi connectivity index (χ1n) is 12.2. The zero-order chi connectivity index (χ0) is 27.1. The van der Waals surface area contributed by atoms with E-state index in [4.69, 9.17) is 9.47 Å². The van der Waals surface area contributed by atoms with Crippen molar-refractivity contribution in [2.24, 2.45) is 0 Å². The number of aliphatic hydroxyl groups excluding tert-OH is 1. The number of hydrogen-bond donors (Lipinski definition) is 1. The lowest BCUT2D eigenvalue weighted by atomic mass is 9.84. The number of rotatable bonds is 5. The topological polar surface area (TPSA) is 76.1 Å². The molecule has 1 amide bonds. The Hall–Kier alpha value is -4.06. The number of carbonyl (C=O) groups is 2. The molecule has 1 aliphatic rings. The molecule has 6 heteroatoms. The van der Waals surface area contributed by atoms with Gasteiger partial charge < -0.3 is 14.6 Å². The third-order valence-corrected chi connectivity index (χ3v) is 6.93. The minimum absolute atomic E-state index is 0.0402. The summed E-state index contributed by atoms with van der Waals surface area (Å²) < 4.78 is 10.8. The van der Waals surface area contributed by atoms with Gasteiger partial charge in [0, 0.05) is 16.8 Å². The highest BCUT2D eigenvalue weighted by Gasteiger charge is 2.47. The van der Waals surface area contributed by atoms with Crippen molar-refractivity contribution in [1.82, 2.24) is 0 Å². The lowest BCUT2D eigenvalue weighted by Gasteiger charge is -2.26. The summed E-state index contributed by atoms with van der Waals surface area (Å²) in [5.74, 6) is -0.304. The normalized spacial score (nSPS) is 17.3. The fourth-order valence-electron chi connectivity index (χ4n) is 4.67. The Morgan fingerprint density at radius 2 is 1.54 bits per heavy atom. The first-order chi connectivity index (χ1) is 17.5. The molecule has 0 aromatic heterocycles. The van der Waals surface area contributed by atoms with Crippen molar-refractivity contribution in [1.29, 1.82) is 0 Å². The zero-order valence-corrected chi connectivity index (χ0v) is 22.4. The maximum absolute atomic E-state index is 13.5. The average Bonchev–Trinajstić information content (AvgIpc) is 3.14. The second-order valence-corrected chi connectivity index (χ2v) is 10.4. The number of amides is 1. The molecule has 1 atom stereocenters. The molecule has 3 aromatic carbocycles. The number of hydrogen-bond acceptors (Lipinski definition) is 5. The fourth-order valence-corrected chi connectivity index (χ4v) is 4.67. The van der Waals surface area contributed by atoms with Gasteiger partial charge in [-0.05, 0) is 78.4 Å². The Morgan fingerprint density at radius 3 is 2.11 bits per heavy atom. The van der Waals surface area contributed by atoms with E-state index in [1.807, 2.05) is 71.0 Å². The summed E-state index contributed by atoms with van der Waals surface area (Å²) in [6, 6.07) is 17.3. The van der Waals surface area contributed by atoms with Crippen molar-refractivity contribution in [3.05, 3.63) is 94.1 Å². The van der Waals surface area contributed by atoms with Gasteiger partial charge in [-0.3, -0.25) is 14.5 Å². The summed E-state index contributed by atoms with van der Waals surface area (Å²) in [6.45, 7) is 10.1. The molecule has 1 saturated heterocycles. The van der Waals surface area contributed by atoms with Crippen LogP contribution in [0.2, 0.25) is 0 Å². The molecule has 1 N–H and O–H groups in total. The first kappa shape index (κ1) is 26.0. The Kier molecular flexibility index (Phi) is 6.87. The van der Waals surface area contributed by atoms with Crippen LogP contribution in [-0.2, 0) is 15.0 Å². The number of aliphatic hydroxyl groups is 1. The molecule has 1 unspecified atom stereocenters. The predicted octanol–water partition coefficient (Wildman–Crippen LogP) is 6.24. The summed E-state index contributed by atoms with van der Waals surface area (Å²) in [4.78, 5) is 28.4. The number of nitrogens with zero attached hydrogens (tertiary/aromatic N) is 1. The van der Waals surface area contributed by atoms with Crippen LogP contribution in [0.25, 0.3) is 5.76 Å². The molecule has 1 aliphatic heterocycles. The molecule has 192 valence electrons. The van der Waals surface area contributed by atoms with Crippen LogP contribution in [0.3, 0.4) is 0 Å². The number of ether oxygens (including phenoxy) is 2. The average molecular weight is 500 g/mol. The lowest BCUT2D eigenvalue weighted by molar-refractivity contribution is -0.132. The van der Waals surface area contributed by atoms with Gasteiger partial charge in [-0.25, -0.2) is 0 Å². The SMILES string of the molecule is COc1ccc(C2/C(=C(/O)c3ccc(OC)c(C(C)(C)C)c3)C(=O)C(=O)N2c2ccc(C)c(C)c2)cc1. The van der Waals surface area contributed by atoms with Crippen molar-refractivity contribution >= 4 is 23.1 Å². The van der Waals surface area contributed by atoms with E-state index in [9.17, 15) is 14.7 Å². The summed E-state index contributed by atoms with van der Waals surface area (Å²) in [5, 5.41) is 11.6. The smallest absolute Gasteiger partial charge is 0.300 e. The summed E-state index contributed by atoms with van der Waals surface area (Å²) >= 11 is 0. The molecule has 1 heterocycles. The van der Waals surface area contributed by atoms with E-state index in [2.05, 4.69) is 0 Å². The van der Waals surface area contributed by atoms with Crippen LogP contribution < -0.4 is 14.4 Å². The second-order valence-electron chi connectivity index (χ2n) is 10.4. The molecule has 4 rings (SSSR count). The van der Waals surface area contributed by atoms with Crippen molar-refractivity contribution in [2.75, 3.05) is 19.1 Å². The van der Waals surface area contributed by atoms with Crippen molar-refractivity contribution in [2.45, 2.75) is 46.1 Å². The highest BCUT2D eigenvalue weighted by atomic mass is 16.5. The maximum Gasteiger partial charge on any atom is 0.300 e. The van der Waals surface area contributed by atoms with E-state index >= 15 is 0 Å². The molecule has 6 nitrogen and oxygen atoms in total. The van der Waals surface area contributed by atoms with Gasteiger partial charge in [-0.1, -0.05) is 39.0 Å². The van der Waals surface area contributed by atoms with Gasteiger partial charge in [0.1, 0.15) is 17.3 Å². The maximum atomic E-state index is 13.5. The highest BCUT2D eigenvalue weighted by Crippen LogP contribution is 2.43. The van der Waals surface area contributed by atoms with Crippen molar-refractivity contribution in [3.63, 3.8) is 0 Å². The first-order valence-corrected chi connectivity index (χ1v) is 12.2. The minimum Gasteiger partial charge on any atom is -0.507 e. The molecule has 0 aliphatic carbocycles. The summed E-state index contributed by atoms with van der Waals surface area (Å²) in [7, 11) is 3.18. The van der Waals surface area contributed by atoms with Gasteiger partial charge >= 0.3 is 0 Å². The highest BCUT2D eigenvalue weighted by molar-refractivity contribution is 6.51. The minimum atomic E-state index is -0.812. The lowest BCUT2D eigenvalue weighted by Crippen LogP contribution is -2.29. The Bertz CT molecular complexity index is 1400. The van der Waals surface area contributed by atoms with Gasteiger partial charge in [-0.2, -0.15) is 0 Å². The molecule has 0 bridgehead atoms. The van der Waals surface area contributed by atoms with Gasteiger partial charge in [0.25, 0.3) is 11.7 Å². The Labute approximate surface area is 218 Å². The number of ketones is 1. The van der Waals surface area contributed by atoms with Gasteiger partial charge in [0.15, 0.2) is 0 Å². The third-order valence-electron chi connectivity index (χ3n) is 6.93. The molecule has 0 spiro atoms. The zero-order valence-electron chi connectivity index (χ0n) is 22.4. The van der Waals surface area contributed by atoms with E-state index in [0.717, 1.165) is 16.7 Å². The van der Waals surface area contributed by atoms with Crippen LogP contribution in [0.1, 0.15) is 54.6 Å². The van der Waals surface area contributed by atoms with E-state index in [-0.39, 0.29) is 16.7 Å². The Morgan fingerprint density at radius 1 is 0.865 bits per heavy atom. The molecular weight excluding hydrogens is 466 g/mol. The van der Waals surface area contributed by atoms with Crippen molar-refractivity contribution < 1.29 is 24.2 Å². The molecule has 37 heavy (non-hydrogen) atoms. The van der Waals surface area contributed by atoms with Crippen LogP contribution in [0.15, 0.2) is 66.2 Å².